The van der Waals surface area contributed by atoms with E-state index in [1.165, 1.54) is 0 Å². The first-order valence-corrected chi connectivity index (χ1v) is 11.0. The highest BCUT2D eigenvalue weighted by Gasteiger charge is 2.37. The number of nitrogens with one attached hydrogen (secondary N) is 1. The van der Waals surface area contributed by atoms with E-state index in [2.05, 4.69) is 5.32 Å². The SMILES string of the molecule is CCOP(=O)(c1ccccc1)C(Cc1ccccc1)NC(=O)c1ccccc1. The van der Waals surface area contributed by atoms with Gasteiger partial charge in [-0.1, -0.05) is 66.7 Å². The normalized spacial score (nSPS) is 14.0. The van der Waals surface area contributed by atoms with Crippen LogP contribution >= 0.6 is 7.37 Å². The van der Waals surface area contributed by atoms with E-state index < -0.39 is 13.2 Å². The summed E-state index contributed by atoms with van der Waals surface area (Å²) in [6, 6.07) is 27.8. The first-order valence-electron chi connectivity index (χ1n) is 9.33. The zero-order valence-corrected chi connectivity index (χ0v) is 16.7. The second-order valence-electron chi connectivity index (χ2n) is 6.40. The van der Waals surface area contributed by atoms with Gasteiger partial charge in [-0.2, -0.15) is 0 Å². The minimum absolute atomic E-state index is 0.266. The molecule has 0 saturated heterocycles. The first kappa shape index (κ1) is 20.1. The van der Waals surface area contributed by atoms with Gasteiger partial charge in [0.25, 0.3) is 13.3 Å². The minimum Gasteiger partial charge on any atom is -0.339 e. The van der Waals surface area contributed by atoms with Crippen LogP contribution in [0.3, 0.4) is 0 Å². The lowest BCUT2D eigenvalue weighted by Crippen LogP contribution is -2.39. The van der Waals surface area contributed by atoms with Gasteiger partial charge in [0.15, 0.2) is 0 Å². The Morgan fingerprint density at radius 3 is 2.00 bits per heavy atom. The predicted octanol–water partition coefficient (Wildman–Crippen LogP) is 4.63. The Balaban J connectivity index is 1.98. The van der Waals surface area contributed by atoms with Crippen molar-refractivity contribution in [3.8, 4) is 0 Å². The molecule has 3 aromatic carbocycles. The smallest absolute Gasteiger partial charge is 0.254 e. The van der Waals surface area contributed by atoms with E-state index >= 15 is 0 Å². The van der Waals surface area contributed by atoms with Crippen LogP contribution in [0.15, 0.2) is 91.0 Å². The van der Waals surface area contributed by atoms with Crippen molar-refractivity contribution in [2.45, 2.75) is 19.1 Å². The van der Waals surface area contributed by atoms with Crippen molar-refractivity contribution in [1.29, 1.82) is 0 Å². The minimum atomic E-state index is -3.35. The van der Waals surface area contributed by atoms with Crippen LogP contribution in [0.1, 0.15) is 22.8 Å². The van der Waals surface area contributed by atoms with E-state index in [4.69, 9.17) is 4.52 Å². The van der Waals surface area contributed by atoms with Crippen molar-refractivity contribution < 1.29 is 13.9 Å². The molecule has 0 spiro atoms. The van der Waals surface area contributed by atoms with Gasteiger partial charge in [0.1, 0.15) is 5.78 Å². The molecule has 0 bridgehead atoms. The summed E-state index contributed by atoms with van der Waals surface area (Å²) in [6.45, 7) is 2.10. The second kappa shape index (κ2) is 9.50. The van der Waals surface area contributed by atoms with Gasteiger partial charge in [-0.25, -0.2) is 0 Å². The molecular formula is C23H24NO3P. The molecule has 3 rings (SSSR count). The van der Waals surface area contributed by atoms with Crippen molar-refractivity contribution in [2.75, 3.05) is 6.61 Å². The third kappa shape index (κ3) is 4.78. The zero-order chi connectivity index (χ0) is 19.8. The summed E-state index contributed by atoms with van der Waals surface area (Å²) >= 11 is 0. The highest BCUT2D eigenvalue weighted by molar-refractivity contribution is 7.67. The van der Waals surface area contributed by atoms with E-state index in [0.717, 1.165) is 5.56 Å². The Morgan fingerprint density at radius 2 is 1.43 bits per heavy atom. The summed E-state index contributed by atoms with van der Waals surface area (Å²) in [5, 5.41) is 3.58. The lowest BCUT2D eigenvalue weighted by atomic mass is 10.1. The molecule has 1 amide bonds. The zero-order valence-electron chi connectivity index (χ0n) is 15.8. The molecule has 0 saturated carbocycles. The van der Waals surface area contributed by atoms with Gasteiger partial charge >= 0.3 is 0 Å². The van der Waals surface area contributed by atoms with Crippen LogP contribution < -0.4 is 10.6 Å². The molecule has 0 aliphatic heterocycles. The van der Waals surface area contributed by atoms with E-state index in [1.807, 2.05) is 61.5 Å². The molecule has 0 aliphatic rings. The van der Waals surface area contributed by atoms with Gasteiger partial charge in [-0.3, -0.25) is 9.36 Å². The number of hydrogen-bond acceptors (Lipinski definition) is 3. The molecule has 5 heteroatoms. The van der Waals surface area contributed by atoms with Crippen LogP contribution in [-0.4, -0.2) is 18.3 Å². The van der Waals surface area contributed by atoms with Crippen LogP contribution in [-0.2, 0) is 15.5 Å². The molecule has 2 unspecified atom stereocenters. The summed E-state index contributed by atoms with van der Waals surface area (Å²) in [5.41, 5.74) is 1.51. The molecular weight excluding hydrogens is 369 g/mol. The Hall–Kier alpha value is -2.68. The molecule has 0 aliphatic carbocycles. The highest BCUT2D eigenvalue weighted by atomic mass is 31.2. The predicted molar refractivity (Wildman–Crippen MR) is 113 cm³/mol. The largest absolute Gasteiger partial charge is 0.339 e. The van der Waals surface area contributed by atoms with Crippen LogP contribution in [0.25, 0.3) is 0 Å². The van der Waals surface area contributed by atoms with Crippen molar-refractivity contribution in [3.63, 3.8) is 0 Å². The van der Waals surface area contributed by atoms with Gasteiger partial charge in [0, 0.05) is 17.3 Å². The average molecular weight is 393 g/mol. The van der Waals surface area contributed by atoms with Gasteiger partial charge in [-0.05, 0) is 36.8 Å². The van der Waals surface area contributed by atoms with Crippen molar-refractivity contribution in [1.82, 2.24) is 5.32 Å². The van der Waals surface area contributed by atoms with Crippen LogP contribution in [0.4, 0.5) is 0 Å². The summed E-state index contributed by atoms with van der Waals surface area (Å²) in [5.74, 6) is -0.942. The number of amides is 1. The van der Waals surface area contributed by atoms with Gasteiger partial charge < -0.3 is 9.84 Å². The number of carbonyl (C=O) groups is 1. The quantitative estimate of drug-likeness (QED) is 0.568. The molecule has 0 heterocycles. The first-order chi connectivity index (χ1) is 13.6. The fourth-order valence-electron chi connectivity index (χ4n) is 3.09. The third-order valence-electron chi connectivity index (χ3n) is 4.45. The molecule has 0 radical (unpaired) electrons. The van der Waals surface area contributed by atoms with E-state index in [9.17, 15) is 9.36 Å². The van der Waals surface area contributed by atoms with Crippen molar-refractivity contribution in [2.24, 2.45) is 0 Å². The van der Waals surface area contributed by atoms with E-state index in [1.54, 1.807) is 36.4 Å². The maximum atomic E-state index is 14.0. The van der Waals surface area contributed by atoms with E-state index in [-0.39, 0.29) is 5.91 Å². The number of benzene rings is 3. The van der Waals surface area contributed by atoms with Crippen LogP contribution in [0.5, 0.6) is 0 Å². The lowest BCUT2D eigenvalue weighted by Gasteiger charge is -2.28. The van der Waals surface area contributed by atoms with Crippen molar-refractivity contribution >= 4 is 18.6 Å². The van der Waals surface area contributed by atoms with Crippen LogP contribution in [0, 0.1) is 0 Å². The Morgan fingerprint density at radius 1 is 0.893 bits per heavy atom. The maximum Gasteiger partial charge on any atom is 0.254 e. The number of carbonyl (C=O) groups excluding carboxylic acids is 1. The average Bonchev–Trinajstić information content (AvgIpc) is 2.75. The third-order valence-corrected chi connectivity index (χ3v) is 7.24. The van der Waals surface area contributed by atoms with Crippen LogP contribution in [0.2, 0.25) is 0 Å². The maximum absolute atomic E-state index is 14.0. The molecule has 3 aromatic rings. The second-order valence-corrected chi connectivity index (χ2v) is 8.99. The molecule has 2 atom stereocenters. The standard InChI is InChI=1S/C23H24NO3P/c1-2-27-28(26,21-16-10-5-11-17-21)22(18-19-12-6-3-7-13-19)24-23(25)20-14-8-4-9-15-20/h3-17,22H,2,18H2,1H3,(H,24,25). The Bertz CT molecular complexity index is 930. The lowest BCUT2D eigenvalue weighted by molar-refractivity contribution is 0.0945. The molecule has 144 valence electrons. The fourth-order valence-corrected chi connectivity index (χ4v) is 5.49. The Kier molecular flexibility index (Phi) is 6.80. The summed E-state index contributed by atoms with van der Waals surface area (Å²) in [7, 11) is -3.35. The Labute approximate surface area is 166 Å². The fraction of sp³-hybridized carbons (Fsp3) is 0.174. The molecule has 0 fully saturated rings. The molecule has 1 N–H and O–H groups in total. The number of hydrogen-bond donors (Lipinski definition) is 1. The molecule has 0 aromatic heterocycles. The van der Waals surface area contributed by atoms with Gasteiger partial charge in [-0.15, -0.1) is 0 Å². The summed E-state index contributed by atoms with van der Waals surface area (Å²) < 4.78 is 19.9. The summed E-state index contributed by atoms with van der Waals surface area (Å²) in [6.07, 6.45) is 0.408. The van der Waals surface area contributed by atoms with Gasteiger partial charge in [0.05, 0.1) is 6.61 Å². The monoisotopic (exact) mass is 393 g/mol. The topological polar surface area (TPSA) is 55.4 Å². The van der Waals surface area contributed by atoms with Crippen molar-refractivity contribution in [3.05, 3.63) is 102 Å². The number of rotatable bonds is 8. The molecule has 28 heavy (non-hydrogen) atoms. The van der Waals surface area contributed by atoms with E-state index in [0.29, 0.717) is 23.9 Å². The summed E-state index contributed by atoms with van der Waals surface area (Å²) in [4.78, 5) is 12.8. The highest BCUT2D eigenvalue weighted by Crippen LogP contribution is 2.50. The molecule has 4 nitrogen and oxygen atoms in total. The van der Waals surface area contributed by atoms with Gasteiger partial charge in [0.2, 0.25) is 0 Å².